The van der Waals surface area contributed by atoms with E-state index in [1.165, 1.54) is 18.2 Å². The van der Waals surface area contributed by atoms with Crippen LogP contribution in [0.1, 0.15) is 19.4 Å². The Bertz CT molecular complexity index is 337. The average Bonchev–Trinajstić information content (AvgIpc) is 2.21. The zero-order chi connectivity index (χ0) is 11.1. The maximum atomic E-state index is 10.3. The van der Waals surface area contributed by atoms with Gasteiger partial charge in [0, 0.05) is 29.6 Å². The van der Waals surface area contributed by atoms with Crippen LogP contribution in [-0.2, 0) is 0 Å². The van der Waals surface area contributed by atoms with E-state index < -0.39 is 4.92 Å². The molecular weight excluding hydrogens is 182 g/mol. The number of hydrogen-bond donors (Lipinski definition) is 2. The topological polar surface area (TPSA) is 93.0 Å². The molecule has 0 bridgehead atoms. The lowest BCUT2D eigenvalue weighted by molar-refractivity contribution is -0.384. The van der Waals surface area contributed by atoms with Crippen LogP contribution in [0, 0.1) is 15.5 Å². The highest BCUT2D eigenvalue weighted by molar-refractivity contribution is 5.85. The van der Waals surface area contributed by atoms with Crippen LogP contribution in [0.3, 0.4) is 0 Å². The molecule has 0 amide bonds. The third kappa shape index (κ3) is 2.85. The number of nitro benzene ring substituents is 1. The lowest BCUT2D eigenvalue weighted by Crippen LogP contribution is -1.95. The molecule has 0 fully saturated rings. The maximum Gasteiger partial charge on any atom is 0.270 e. The Labute approximate surface area is 82.2 Å². The van der Waals surface area contributed by atoms with Crippen LogP contribution >= 0.6 is 0 Å². The van der Waals surface area contributed by atoms with E-state index in [1.807, 2.05) is 13.8 Å². The van der Waals surface area contributed by atoms with Gasteiger partial charge in [0.25, 0.3) is 5.69 Å². The highest BCUT2D eigenvalue weighted by atomic mass is 16.6. The summed E-state index contributed by atoms with van der Waals surface area (Å²) in [6.07, 6.45) is 0.988. The Morgan fingerprint density at radius 3 is 2.50 bits per heavy atom. The quantitative estimate of drug-likeness (QED) is 0.328. The fraction of sp³-hybridized carbons (Fsp3) is 0.222. The summed E-state index contributed by atoms with van der Waals surface area (Å²) in [5.74, 6) is 0. The molecule has 0 aliphatic heterocycles. The summed E-state index contributed by atoms with van der Waals surface area (Å²) in [5.41, 5.74) is 6.11. The van der Waals surface area contributed by atoms with Gasteiger partial charge in [-0.25, -0.2) is 0 Å². The summed E-state index contributed by atoms with van der Waals surface area (Å²) in [4.78, 5) is 9.75. The summed E-state index contributed by atoms with van der Waals surface area (Å²) in [7, 11) is 0. The van der Waals surface area contributed by atoms with Crippen LogP contribution in [0.25, 0.3) is 0 Å². The number of rotatable bonds is 2. The number of non-ortho nitro benzene ring substituents is 1. The normalized spacial score (nSPS) is 8.43. The summed E-state index contributed by atoms with van der Waals surface area (Å²) in [6.45, 7) is 4.00. The van der Waals surface area contributed by atoms with Gasteiger partial charge in [-0.2, -0.15) is 0 Å². The highest BCUT2D eigenvalue weighted by Gasteiger charge is 2.06. The Balaban J connectivity index is 0.000000791. The van der Waals surface area contributed by atoms with E-state index in [-0.39, 0.29) is 5.69 Å². The number of nitro groups is 1. The zero-order valence-corrected chi connectivity index (χ0v) is 8.15. The van der Waals surface area contributed by atoms with Gasteiger partial charge in [0.15, 0.2) is 0 Å². The predicted molar refractivity (Wildman–Crippen MR) is 56.7 cm³/mol. The first-order valence-electron chi connectivity index (χ1n) is 4.19. The molecule has 0 aliphatic carbocycles. The van der Waals surface area contributed by atoms with E-state index >= 15 is 0 Å². The van der Waals surface area contributed by atoms with Crippen molar-refractivity contribution in [2.24, 2.45) is 0 Å². The van der Waals surface area contributed by atoms with Crippen molar-refractivity contribution in [1.82, 2.24) is 0 Å². The summed E-state index contributed by atoms with van der Waals surface area (Å²) in [5, 5.41) is 17.2. The van der Waals surface area contributed by atoms with Crippen LogP contribution in [0.2, 0.25) is 0 Å². The van der Waals surface area contributed by atoms with Crippen LogP contribution in [0.5, 0.6) is 0 Å². The fourth-order valence-electron chi connectivity index (χ4n) is 0.801. The largest absolute Gasteiger partial charge is 0.398 e. The second kappa shape index (κ2) is 5.69. The third-order valence-corrected chi connectivity index (χ3v) is 1.44. The molecule has 0 radical (unpaired) electrons. The van der Waals surface area contributed by atoms with E-state index in [9.17, 15) is 10.1 Å². The molecule has 0 saturated heterocycles. The molecule has 0 unspecified atom stereocenters. The van der Waals surface area contributed by atoms with Gasteiger partial charge in [-0.3, -0.25) is 10.1 Å². The SMILES string of the molecule is CC.N=Cc1cc([N+](=O)[O-])ccc1N. The molecule has 3 N–H and O–H groups in total. The number of benzene rings is 1. The van der Waals surface area contributed by atoms with Crippen LogP contribution < -0.4 is 5.73 Å². The molecule has 0 saturated carbocycles. The van der Waals surface area contributed by atoms with Gasteiger partial charge in [-0.15, -0.1) is 0 Å². The first kappa shape index (κ1) is 12.1. The average molecular weight is 195 g/mol. The minimum Gasteiger partial charge on any atom is -0.398 e. The van der Waals surface area contributed by atoms with Gasteiger partial charge >= 0.3 is 0 Å². The molecule has 5 nitrogen and oxygen atoms in total. The maximum absolute atomic E-state index is 10.3. The smallest absolute Gasteiger partial charge is 0.270 e. The van der Waals surface area contributed by atoms with Crippen molar-refractivity contribution >= 4 is 17.6 Å². The van der Waals surface area contributed by atoms with Crippen molar-refractivity contribution in [1.29, 1.82) is 5.41 Å². The Morgan fingerprint density at radius 1 is 1.50 bits per heavy atom. The Morgan fingerprint density at radius 2 is 2.07 bits per heavy atom. The molecule has 76 valence electrons. The van der Waals surface area contributed by atoms with Crippen molar-refractivity contribution in [3.05, 3.63) is 33.9 Å². The second-order valence-electron chi connectivity index (χ2n) is 2.21. The van der Waals surface area contributed by atoms with Gasteiger partial charge in [-0.1, -0.05) is 13.8 Å². The van der Waals surface area contributed by atoms with Crippen molar-refractivity contribution in [3.8, 4) is 0 Å². The number of anilines is 1. The minimum absolute atomic E-state index is 0.0531. The third-order valence-electron chi connectivity index (χ3n) is 1.44. The standard InChI is InChI=1S/C7H7N3O2.C2H6/c8-4-5-3-6(10(11)12)1-2-7(5)9;1-2/h1-4,8H,9H2;1-2H3. The molecule has 0 aromatic heterocycles. The Hall–Kier alpha value is -1.91. The van der Waals surface area contributed by atoms with Crippen molar-refractivity contribution in [2.75, 3.05) is 5.73 Å². The number of hydrogen-bond acceptors (Lipinski definition) is 4. The lowest BCUT2D eigenvalue weighted by atomic mass is 10.2. The molecule has 0 atom stereocenters. The van der Waals surface area contributed by atoms with E-state index in [0.29, 0.717) is 11.3 Å². The molecule has 0 aliphatic rings. The molecule has 0 heterocycles. The van der Waals surface area contributed by atoms with E-state index in [4.69, 9.17) is 11.1 Å². The molecule has 1 aromatic rings. The number of nitrogens with zero attached hydrogens (tertiary/aromatic N) is 1. The van der Waals surface area contributed by atoms with E-state index in [1.54, 1.807) is 0 Å². The molecule has 0 spiro atoms. The van der Waals surface area contributed by atoms with Crippen molar-refractivity contribution in [3.63, 3.8) is 0 Å². The van der Waals surface area contributed by atoms with E-state index in [2.05, 4.69) is 0 Å². The van der Waals surface area contributed by atoms with Gasteiger partial charge in [0.2, 0.25) is 0 Å². The molecule has 1 aromatic carbocycles. The molecule has 14 heavy (non-hydrogen) atoms. The lowest BCUT2D eigenvalue weighted by Gasteiger charge is -1.97. The summed E-state index contributed by atoms with van der Waals surface area (Å²) >= 11 is 0. The second-order valence-corrected chi connectivity index (χ2v) is 2.21. The van der Waals surface area contributed by atoms with Gasteiger partial charge < -0.3 is 11.1 Å². The number of nitrogens with two attached hydrogens (primary N) is 1. The first-order chi connectivity index (χ1) is 6.65. The minimum atomic E-state index is -0.521. The summed E-state index contributed by atoms with van der Waals surface area (Å²) in [6, 6.07) is 3.99. The number of nitrogens with one attached hydrogen (secondary N) is 1. The number of nitrogen functional groups attached to an aromatic ring is 1. The Kier molecular flexibility index (Phi) is 4.91. The van der Waals surface area contributed by atoms with Gasteiger partial charge in [0.05, 0.1) is 4.92 Å². The van der Waals surface area contributed by atoms with Crippen LogP contribution in [-0.4, -0.2) is 11.1 Å². The van der Waals surface area contributed by atoms with Crippen molar-refractivity contribution in [2.45, 2.75) is 13.8 Å². The highest BCUT2D eigenvalue weighted by Crippen LogP contribution is 2.17. The molecule has 1 rings (SSSR count). The monoisotopic (exact) mass is 195 g/mol. The van der Waals surface area contributed by atoms with E-state index in [0.717, 1.165) is 6.21 Å². The predicted octanol–water partition coefficient (Wildman–Crippen LogP) is 2.20. The van der Waals surface area contributed by atoms with Gasteiger partial charge in [-0.05, 0) is 6.07 Å². The zero-order valence-electron chi connectivity index (χ0n) is 8.15. The van der Waals surface area contributed by atoms with Crippen LogP contribution in [0.4, 0.5) is 11.4 Å². The van der Waals surface area contributed by atoms with Gasteiger partial charge in [0.1, 0.15) is 0 Å². The summed E-state index contributed by atoms with van der Waals surface area (Å²) < 4.78 is 0. The van der Waals surface area contributed by atoms with Crippen LogP contribution in [0.15, 0.2) is 18.2 Å². The first-order valence-corrected chi connectivity index (χ1v) is 4.19. The molecular formula is C9H13N3O2. The van der Waals surface area contributed by atoms with Crippen molar-refractivity contribution < 1.29 is 4.92 Å². The molecule has 5 heteroatoms. The fourth-order valence-corrected chi connectivity index (χ4v) is 0.801.